The summed E-state index contributed by atoms with van der Waals surface area (Å²) in [6, 6.07) is 4.10. The zero-order valence-electron chi connectivity index (χ0n) is 12.6. The molecule has 126 valence electrons. The first-order valence-electron chi connectivity index (χ1n) is 6.86. The largest absolute Gasteiger partial charge is 0.328 e. The first-order valence-corrected chi connectivity index (χ1v) is 6.86. The van der Waals surface area contributed by atoms with Gasteiger partial charge in [-0.05, 0) is 18.2 Å². The van der Waals surface area contributed by atoms with Gasteiger partial charge in [0, 0.05) is 26.2 Å². The van der Waals surface area contributed by atoms with Gasteiger partial charge in [-0.2, -0.15) is 0 Å². The minimum absolute atomic E-state index is 0. The Hall–Kier alpha value is -1.93. The van der Waals surface area contributed by atoms with Gasteiger partial charge in [0.25, 0.3) is 5.92 Å². The van der Waals surface area contributed by atoms with Crippen LogP contribution in [-0.4, -0.2) is 33.6 Å². The Morgan fingerprint density at radius 3 is 2.57 bits per heavy atom. The number of aromatic nitrogens is 2. The molecule has 1 atom stereocenters. The summed E-state index contributed by atoms with van der Waals surface area (Å²) in [4.78, 5) is 23.9. The second-order valence-corrected chi connectivity index (χ2v) is 5.59. The summed E-state index contributed by atoms with van der Waals surface area (Å²) in [5, 5.41) is 5.12. The molecule has 1 fully saturated rings. The molecule has 3 rings (SSSR count). The van der Waals surface area contributed by atoms with E-state index in [9.17, 15) is 18.4 Å². The molecule has 1 aromatic carbocycles. The monoisotopic (exact) mass is 346 g/mol. The highest BCUT2D eigenvalue weighted by Crippen LogP contribution is 2.26. The molecule has 0 radical (unpaired) electrons. The summed E-state index contributed by atoms with van der Waals surface area (Å²) < 4.78 is 29.2. The SMILES string of the molecule is Cl.Cn1c(=O)n(C)c2cc(NC(=O)C3CC(F)(F)CN3)ccc21. The zero-order valence-corrected chi connectivity index (χ0v) is 13.4. The Balaban J connectivity index is 0.00000192. The van der Waals surface area contributed by atoms with Crippen LogP contribution >= 0.6 is 12.4 Å². The summed E-state index contributed by atoms with van der Waals surface area (Å²) in [6.45, 7) is -0.489. The number of fused-ring (bicyclic) bond motifs is 1. The van der Waals surface area contributed by atoms with Gasteiger partial charge < -0.3 is 5.32 Å². The molecule has 23 heavy (non-hydrogen) atoms. The van der Waals surface area contributed by atoms with Crippen molar-refractivity contribution in [3.63, 3.8) is 0 Å². The second-order valence-electron chi connectivity index (χ2n) is 5.59. The number of imidazole rings is 1. The van der Waals surface area contributed by atoms with Crippen LogP contribution in [-0.2, 0) is 18.9 Å². The van der Waals surface area contributed by atoms with Gasteiger partial charge in [0.05, 0.1) is 23.6 Å². The number of carbonyl (C=O) groups excluding carboxylic acids is 1. The van der Waals surface area contributed by atoms with Crippen LogP contribution in [0.5, 0.6) is 0 Å². The number of benzene rings is 1. The van der Waals surface area contributed by atoms with Crippen molar-refractivity contribution in [3.8, 4) is 0 Å². The number of nitrogens with one attached hydrogen (secondary N) is 2. The van der Waals surface area contributed by atoms with E-state index in [4.69, 9.17) is 0 Å². The van der Waals surface area contributed by atoms with Crippen LogP contribution in [0, 0.1) is 0 Å². The van der Waals surface area contributed by atoms with Gasteiger partial charge in [-0.3, -0.25) is 19.2 Å². The molecule has 1 aromatic heterocycles. The molecule has 0 saturated carbocycles. The van der Waals surface area contributed by atoms with Crippen LogP contribution in [0.1, 0.15) is 6.42 Å². The fourth-order valence-electron chi connectivity index (χ4n) is 2.71. The number of anilines is 1. The molecule has 1 amide bonds. The lowest BCUT2D eigenvalue weighted by Crippen LogP contribution is -2.35. The van der Waals surface area contributed by atoms with Gasteiger partial charge in [-0.15, -0.1) is 12.4 Å². The summed E-state index contributed by atoms with van der Waals surface area (Å²) in [5.74, 6) is -3.35. The summed E-state index contributed by atoms with van der Waals surface area (Å²) in [6.07, 6.45) is -0.509. The van der Waals surface area contributed by atoms with Crippen LogP contribution in [0.2, 0.25) is 0 Å². The lowest BCUT2D eigenvalue weighted by atomic mass is 10.1. The van der Waals surface area contributed by atoms with Crippen LogP contribution in [0.25, 0.3) is 11.0 Å². The molecule has 1 saturated heterocycles. The molecule has 2 aromatic rings. The highest BCUT2D eigenvalue weighted by atomic mass is 35.5. The average Bonchev–Trinajstić information content (AvgIpc) is 2.93. The van der Waals surface area contributed by atoms with Gasteiger partial charge in [-0.25, -0.2) is 13.6 Å². The number of halogens is 3. The van der Waals surface area contributed by atoms with E-state index in [0.717, 1.165) is 5.52 Å². The highest BCUT2D eigenvalue weighted by molar-refractivity contribution is 5.96. The lowest BCUT2D eigenvalue weighted by Gasteiger charge is -2.11. The van der Waals surface area contributed by atoms with E-state index >= 15 is 0 Å². The van der Waals surface area contributed by atoms with E-state index < -0.39 is 30.8 Å². The van der Waals surface area contributed by atoms with Crippen LogP contribution in [0.15, 0.2) is 23.0 Å². The van der Waals surface area contributed by atoms with Gasteiger partial charge in [-0.1, -0.05) is 0 Å². The highest BCUT2D eigenvalue weighted by Gasteiger charge is 2.42. The first kappa shape index (κ1) is 17.4. The van der Waals surface area contributed by atoms with E-state index in [2.05, 4.69) is 10.6 Å². The Bertz CT molecular complexity index is 815. The second kappa shape index (κ2) is 5.93. The Morgan fingerprint density at radius 1 is 1.30 bits per heavy atom. The predicted molar refractivity (Wildman–Crippen MR) is 85.4 cm³/mol. The van der Waals surface area contributed by atoms with Crippen molar-refractivity contribution in [2.45, 2.75) is 18.4 Å². The number of aryl methyl sites for hydroxylation is 2. The third kappa shape index (κ3) is 3.09. The van der Waals surface area contributed by atoms with Gasteiger partial charge >= 0.3 is 5.69 Å². The summed E-state index contributed by atoms with van der Waals surface area (Å²) >= 11 is 0. The van der Waals surface area contributed by atoms with Crippen molar-refractivity contribution in [3.05, 3.63) is 28.7 Å². The number of amides is 1. The van der Waals surface area contributed by atoms with E-state index in [1.807, 2.05) is 0 Å². The third-order valence-electron chi connectivity index (χ3n) is 3.97. The van der Waals surface area contributed by atoms with Crippen molar-refractivity contribution in [1.29, 1.82) is 0 Å². The van der Waals surface area contributed by atoms with Crippen LogP contribution in [0.4, 0.5) is 14.5 Å². The smallest absolute Gasteiger partial charge is 0.325 e. The molecule has 0 aliphatic carbocycles. The van der Waals surface area contributed by atoms with Crippen molar-refractivity contribution < 1.29 is 13.6 Å². The summed E-state index contributed by atoms with van der Waals surface area (Å²) in [5.41, 5.74) is 1.69. The average molecular weight is 347 g/mol. The molecule has 1 aliphatic rings. The number of nitrogens with zero attached hydrogens (tertiary/aromatic N) is 2. The Morgan fingerprint density at radius 2 is 1.96 bits per heavy atom. The molecular weight excluding hydrogens is 330 g/mol. The molecule has 2 N–H and O–H groups in total. The molecular formula is C14H17ClF2N4O2. The number of hydrogen-bond donors (Lipinski definition) is 2. The fraction of sp³-hybridized carbons (Fsp3) is 0.429. The van der Waals surface area contributed by atoms with Gasteiger partial charge in [0.2, 0.25) is 5.91 Å². The maximum absolute atomic E-state index is 13.1. The first-order chi connectivity index (χ1) is 10.3. The lowest BCUT2D eigenvalue weighted by molar-refractivity contribution is -0.118. The Labute approximate surface area is 136 Å². The van der Waals surface area contributed by atoms with E-state index in [0.29, 0.717) is 11.2 Å². The molecule has 0 spiro atoms. The van der Waals surface area contributed by atoms with E-state index in [1.165, 1.54) is 9.13 Å². The molecule has 9 heteroatoms. The normalized spacial score (nSPS) is 19.6. The van der Waals surface area contributed by atoms with Crippen LogP contribution in [0.3, 0.4) is 0 Å². The molecule has 6 nitrogen and oxygen atoms in total. The summed E-state index contributed by atoms with van der Waals surface area (Å²) in [7, 11) is 3.29. The minimum Gasteiger partial charge on any atom is -0.325 e. The number of alkyl halides is 2. The quantitative estimate of drug-likeness (QED) is 0.859. The van der Waals surface area contributed by atoms with Crippen molar-refractivity contribution in [2.75, 3.05) is 11.9 Å². The number of hydrogen-bond acceptors (Lipinski definition) is 3. The Kier molecular flexibility index (Phi) is 4.50. The number of carbonyl (C=O) groups is 1. The molecule has 2 heterocycles. The van der Waals surface area contributed by atoms with Crippen molar-refractivity contribution in [1.82, 2.24) is 14.5 Å². The van der Waals surface area contributed by atoms with E-state index in [1.54, 1.807) is 32.3 Å². The molecule has 0 bridgehead atoms. The molecule has 1 unspecified atom stereocenters. The standard InChI is InChI=1S/C14H16F2N4O2.ClH/c1-19-10-4-3-8(5-11(10)20(2)13(19)22)18-12(21)9-6-14(15,16)7-17-9;/h3-5,9,17H,6-7H2,1-2H3,(H,18,21);1H. The van der Waals surface area contributed by atoms with Crippen molar-refractivity contribution >= 4 is 35.0 Å². The van der Waals surface area contributed by atoms with Crippen LogP contribution < -0.4 is 16.3 Å². The van der Waals surface area contributed by atoms with Gasteiger partial charge in [0.1, 0.15) is 0 Å². The van der Waals surface area contributed by atoms with Gasteiger partial charge in [0.15, 0.2) is 0 Å². The fourth-order valence-corrected chi connectivity index (χ4v) is 2.71. The topological polar surface area (TPSA) is 68.1 Å². The maximum Gasteiger partial charge on any atom is 0.328 e. The maximum atomic E-state index is 13.1. The van der Waals surface area contributed by atoms with Crippen molar-refractivity contribution in [2.24, 2.45) is 14.1 Å². The predicted octanol–water partition coefficient (Wildman–Crippen LogP) is 1.23. The third-order valence-corrected chi connectivity index (χ3v) is 3.97. The molecule has 1 aliphatic heterocycles. The number of rotatable bonds is 2. The van der Waals surface area contributed by atoms with E-state index in [-0.39, 0.29) is 18.1 Å². The minimum atomic E-state index is -2.85. The zero-order chi connectivity index (χ0) is 16.1.